The molecule has 6 nitrogen and oxygen atoms in total. The molecule has 0 fully saturated rings. The Balaban J connectivity index is 1.42. The second-order valence-corrected chi connectivity index (χ2v) is 9.06. The molecular formula is C24H24Cl2N6S. The van der Waals surface area contributed by atoms with Crippen LogP contribution in [0.25, 0.3) is 0 Å². The van der Waals surface area contributed by atoms with Crippen molar-refractivity contribution in [1.82, 2.24) is 19.6 Å². The Hall–Kier alpha value is -2.87. The lowest BCUT2D eigenvalue weighted by Gasteiger charge is -2.11. The maximum absolute atomic E-state index is 6.27. The molecule has 0 aliphatic heterocycles. The van der Waals surface area contributed by atoms with Gasteiger partial charge in [0.2, 0.25) is 0 Å². The summed E-state index contributed by atoms with van der Waals surface area (Å²) in [5, 5.41) is 17.2. The summed E-state index contributed by atoms with van der Waals surface area (Å²) in [5.74, 6) is 0. The summed E-state index contributed by atoms with van der Waals surface area (Å²) in [5.41, 5.74) is 6.87. The minimum Gasteiger partial charge on any atom is -0.330 e. The summed E-state index contributed by atoms with van der Waals surface area (Å²) in [7, 11) is 0. The van der Waals surface area contributed by atoms with Crippen LogP contribution in [0, 0.1) is 20.8 Å². The summed E-state index contributed by atoms with van der Waals surface area (Å²) >= 11 is 18.1. The fourth-order valence-corrected chi connectivity index (χ4v) is 4.35. The average Bonchev–Trinajstić information content (AvgIpc) is 3.31. The highest BCUT2D eigenvalue weighted by atomic mass is 35.5. The van der Waals surface area contributed by atoms with E-state index in [4.69, 9.17) is 40.5 Å². The molecule has 0 radical (unpaired) electrons. The van der Waals surface area contributed by atoms with E-state index in [9.17, 15) is 0 Å². The molecule has 4 aromatic rings. The van der Waals surface area contributed by atoms with Crippen molar-refractivity contribution in [3.8, 4) is 0 Å². The topological polar surface area (TPSA) is 59.7 Å². The van der Waals surface area contributed by atoms with Gasteiger partial charge in [-0.3, -0.25) is 9.36 Å². The van der Waals surface area contributed by atoms with Crippen molar-refractivity contribution in [2.24, 2.45) is 0 Å². The minimum atomic E-state index is 0.463. The predicted molar refractivity (Wildman–Crippen MR) is 140 cm³/mol. The van der Waals surface area contributed by atoms with Gasteiger partial charge in [0, 0.05) is 21.8 Å². The van der Waals surface area contributed by atoms with Gasteiger partial charge in [0.25, 0.3) is 0 Å². The lowest BCUT2D eigenvalue weighted by Crippen LogP contribution is -2.19. The van der Waals surface area contributed by atoms with Gasteiger partial charge in [-0.1, -0.05) is 53.5 Å². The first-order valence-corrected chi connectivity index (χ1v) is 11.6. The molecule has 4 rings (SSSR count). The lowest BCUT2D eigenvalue weighted by atomic mass is 10.1. The second-order valence-electron chi connectivity index (χ2n) is 7.84. The average molecular weight is 499 g/mol. The summed E-state index contributed by atoms with van der Waals surface area (Å²) in [6, 6.07) is 13.8. The normalized spacial score (nSPS) is 10.9. The number of thiocarbonyl (C=S) groups is 1. The Labute approximate surface area is 208 Å². The molecule has 2 aromatic carbocycles. The molecule has 0 saturated heterocycles. The smallest absolute Gasteiger partial charge is 0.175 e. The lowest BCUT2D eigenvalue weighted by molar-refractivity contribution is 0.657. The van der Waals surface area contributed by atoms with Crippen molar-refractivity contribution in [3.63, 3.8) is 0 Å². The third-order valence-electron chi connectivity index (χ3n) is 5.47. The van der Waals surface area contributed by atoms with Crippen LogP contribution in [0.5, 0.6) is 0 Å². The minimum absolute atomic E-state index is 0.463. The fourth-order valence-electron chi connectivity index (χ4n) is 3.62. The summed E-state index contributed by atoms with van der Waals surface area (Å²) in [6.07, 6.45) is 3.56. The summed E-state index contributed by atoms with van der Waals surface area (Å²) in [6.45, 7) is 7.29. The van der Waals surface area contributed by atoms with Gasteiger partial charge in [0.05, 0.1) is 42.0 Å². The van der Waals surface area contributed by atoms with E-state index in [2.05, 4.69) is 34.8 Å². The number of rotatable bonds is 6. The number of nitrogens with zero attached hydrogens (tertiary/aromatic N) is 4. The van der Waals surface area contributed by atoms with Gasteiger partial charge >= 0.3 is 0 Å². The van der Waals surface area contributed by atoms with E-state index in [0.717, 1.165) is 28.3 Å². The molecule has 0 bridgehead atoms. The van der Waals surface area contributed by atoms with Crippen molar-refractivity contribution in [2.45, 2.75) is 33.9 Å². The third kappa shape index (κ3) is 5.38. The van der Waals surface area contributed by atoms with Crippen LogP contribution in [0.4, 0.5) is 11.4 Å². The number of halogens is 2. The van der Waals surface area contributed by atoms with Crippen molar-refractivity contribution < 1.29 is 0 Å². The molecular weight excluding hydrogens is 475 g/mol. The number of aryl methyl sites for hydroxylation is 2. The number of hydrogen-bond donors (Lipinski definition) is 2. The van der Waals surface area contributed by atoms with Crippen LogP contribution in [-0.2, 0) is 13.1 Å². The Bertz CT molecular complexity index is 1290. The fraction of sp³-hybridized carbons (Fsp3) is 0.208. The molecule has 0 aliphatic carbocycles. The van der Waals surface area contributed by atoms with Gasteiger partial charge < -0.3 is 10.6 Å². The largest absolute Gasteiger partial charge is 0.330 e. The van der Waals surface area contributed by atoms with Gasteiger partial charge in [-0.25, -0.2) is 0 Å². The SMILES string of the molecule is Cc1ccccc1Cn1nc(C)c(NC(=S)Nc2cnn(Cc3c(Cl)cccc3Cl)c2)c1C. The molecule has 0 aliphatic rings. The Morgan fingerprint density at radius 2 is 1.70 bits per heavy atom. The Morgan fingerprint density at radius 3 is 2.42 bits per heavy atom. The highest BCUT2D eigenvalue weighted by molar-refractivity contribution is 7.80. The molecule has 170 valence electrons. The second kappa shape index (κ2) is 9.95. The van der Waals surface area contributed by atoms with E-state index < -0.39 is 0 Å². The zero-order valence-electron chi connectivity index (χ0n) is 18.6. The Morgan fingerprint density at radius 1 is 0.970 bits per heavy atom. The van der Waals surface area contributed by atoms with Crippen LogP contribution in [-0.4, -0.2) is 24.7 Å². The number of nitrogens with one attached hydrogen (secondary N) is 2. The van der Waals surface area contributed by atoms with Gasteiger partial charge in [-0.05, 0) is 56.2 Å². The molecule has 2 aromatic heterocycles. The maximum Gasteiger partial charge on any atom is 0.175 e. The quantitative estimate of drug-likeness (QED) is 0.309. The monoisotopic (exact) mass is 498 g/mol. The first-order chi connectivity index (χ1) is 15.8. The van der Waals surface area contributed by atoms with Crippen LogP contribution < -0.4 is 10.6 Å². The highest BCUT2D eigenvalue weighted by Gasteiger charge is 2.14. The summed E-state index contributed by atoms with van der Waals surface area (Å²) < 4.78 is 3.75. The van der Waals surface area contributed by atoms with Crippen molar-refractivity contribution in [3.05, 3.63) is 93.0 Å². The number of hydrogen-bond acceptors (Lipinski definition) is 3. The molecule has 0 amide bonds. The van der Waals surface area contributed by atoms with E-state index >= 15 is 0 Å². The van der Waals surface area contributed by atoms with Crippen molar-refractivity contribution in [2.75, 3.05) is 10.6 Å². The van der Waals surface area contributed by atoms with E-state index in [1.165, 1.54) is 11.1 Å². The molecule has 0 spiro atoms. The van der Waals surface area contributed by atoms with Gasteiger partial charge in [0.1, 0.15) is 0 Å². The summed E-state index contributed by atoms with van der Waals surface area (Å²) in [4.78, 5) is 0. The molecule has 2 heterocycles. The predicted octanol–water partition coefficient (Wildman–Crippen LogP) is 6.22. The molecule has 33 heavy (non-hydrogen) atoms. The molecule has 0 unspecified atom stereocenters. The van der Waals surface area contributed by atoms with E-state index in [1.54, 1.807) is 10.9 Å². The molecule has 0 atom stereocenters. The van der Waals surface area contributed by atoms with Crippen LogP contribution in [0.1, 0.15) is 28.1 Å². The molecule has 2 N–H and O–H groups in total. The van der Waals surface area contributed by atoms with Crippen molar-refractivity contribution >= 4 is 51.9 Å². The molecule has 9 heteroatoms. The number of benzene rings is 2. The van der Waals surface area contributed by atoms with E-state index in [0.29, 0.717) is 28.2 Å². The zero-order valence-corrected chi connectivity index (χ0v) is 20.9. The van der Waals surface area contributed by atoms with E-state index in [1.807, 2.05) is 55.1 Å². The van der Waals surface area contributed by atoms with Gasteiger partial charge in [-0.15, -0.1) is 0 Å². The first-order valence-electron chi connectivity index (χ1n) is 10.4. The Kier molecular flexibility index (Phi) is 7.02. The highest BCUT2D eigenvalue weighted by Crippen LogP contribution is 2.25. The number of aromatic nitrogens is 4. The van der Waals surface area contributed by atoms with Gasteiger partial charge in [0.15, 0.2) is 5.11 Å². The zero-order chi connectivity index (χ0) is 23.5. The maximum atomic E-state index is 6.27. The van der Waals surface area contributed by atoms with Crippen LogP contribution in [0.2, 0.25) is 10.0 Å². The first kappa shape index (κ1) is 23.3. The van der Waals surface area contributed by atoms with Crippen LogP contribution >= 0.6 is 35.4 Å². The van der Waals surface area contributed by atoms with E-state index in [-0.39, 0.29) is 0 Å². The molecule has 0 saturated carbocycles. The third-order valence-corrected chi connectivity index (χ3v) is 6.39. The van der Waals surface area contributed by atoms with Crippen LogP contribution in [0.15, 0.2) is 54.9 Å². The standard InChI is InChI=1S/C24H24Cl2N6S/c1-15-7-4-5-8-18(15)12-32-17(3)23(16(2)30-32)29-24(33)28-19-11-27-31(13-19)14-20-21(25)9-6-10-22(20)26/h4-11,13H,12,14H2,1-3H3,(H2,28,29,33). The van der Waals surface area contributed by atoms with Crippen molar-refractivity contribution in [1.29, 1.82) is 0 Å². The number of anilines is 2. The van der Waals surface area contributed by atoms with Gasteiger partial charge in [-0.2, -0.15) is 10.2 Å². The van der Waals surface area contributed by atoms with Crippen LogP contribution in [0.3, 0.4) is 0 Å².